The number of para-hydroxylation sites is 1. The maximum Gasteiger partial charge on any atom is 0.333 e. The van der Waals surface area contributed by atoms with Gasteiger partial charge in [0.2, 0.25) is 5.89 Å². The molecule has 0 aliphatic heterocycles. The van der Waals surface area contributed by atoms with Crippen LogP contribution in [0, 0.1) is 23.7 Å². The lowest BCUT2D eigenvalue weighted by Crippen LogP contribution is -2.52. The van der Waals surface area contributed by atoms with E-state index in [-0.39, 0.29) is 28.9 Å². The summed E-state index contributed by atoms with van der Waals surface area (Å²) >= 11 is 1.22. The second-order valence-electron chi connectivity index (χ2n) is 13.4. The zero-order chi connectivity index (χ0) is 31.8. The van der Waals surface area contributed by atoms with E-state index in [1.54, 1.807) is 14.0 Å². The summed E-state index contributed by atoms with van der Waals surface area (Å²) in [4.78, 5) is 46.0. The molecule has 4 atom stereocenters. The summed E-state index contributed by atoms with van der Waals surface area (Å²) < 4.78 is 20.7. The van der Waals surface area contributed by atoms with E-state index in [9.17, 15) is 19.5 Å². The van der Waals surface area contributed by atoms with Crippen molar-refractivity contribution in [3.05, 3.63) is 68.7 Å². The van der Waals surface area contributed by atoms with E-state index in [0.29, 0.717) is 32.8 Å². The number of hydrogen-bond donors (Lipinski definition) is 1. The number of thiophene rings is 1. The van der Waals surface area contributed by atoms with E-state index >= 15 is 0 Å². The first-order valence-corrected chi connectivity index (χ1v) is 15.8. The molecule has 10 nitrogen and oxygen atoms in total. The number of carbonyl (C=O) groups is 1. The molecule has 3 heterocycles. The Morgan fingerprint density at radius 1 is 1.25 bits per heavy atom. The number of nitrogens with zero attached hydrogens (tertiary/aromatic N) is 3. The van der Waals surface area contributed by atoms with Gasteiger partial charge in [0, 0.05) is 5.56 Å². The highest BCUT2D eigenvalue weighted by atomic mass is 32.1. The highest BCUT2D eigenvalue weighted by Crippen LogP contribution is 2.66. The zero-order valence-corrected chi connectivity index (χ0v) is 27.0. The summed E-state index contributed by atoms with van der Waals surface area (Å²) in [6, 6.07) is 7.58. The number of oxazole rings is 1. The third kappa shape index (κ3) is 4.30. The van der Waals surface area contributed by atoms with Gasteiger partial charge >= 0.3 is 11.7 Å². The van der Waals surface area contributed by atoms with Crippen LogP contribution in [0.1, 0.15) is 71.1 Å². The molecule has 0 amide bonds. The van der Waals surface area contributed by atoms with Crippen LogP contribution in [0.15, 0.2) is 50.7 Å². The molecule has 44 heavy (non-hydrogen) atoms. The van der Waals surface area contributed by atoms with E-state index in [1.807, 2.05) is 24.3 Å². The zero-order valence-electron chi connectivity index (χ0n) is 26.2. The van der Waals surface area contributed by atoms with Gasteiger partial charge < -0.3 is 19.0 Å². The minimum absolute atomic E-state index is 0.0360. The van der Waals surface area contributed by atoms with Gasteiger partial charge in [-0.15, -0.1) is 11.3 Å². The van der Waals surface area contributed by atoms with Crippen LogP contribution in [0.2, 0.25) is 0 Å². The standard InChI is InChI=1S/C33H39N3O7S/c1-18-24-27(37)36(32(4,5)29(38)39)30(40)35(28(24)44-25(18)26-34-14-15-42-26)17-22(20-10-8-9-11-21(20)41-7)43-23-16-19-12-13-33(23,6)31(19,2)3/h8-11,14-15,19,22-23H,12-13,16-17H2,1-7H3,(H,38,39)/t19-,22?,23?,33+/m1/s1. The number of ether oxygens (including phenoxy) is 2. The number of benzene rings is 1. The lowest BCUT2D eigenvalue weighted by Gasteiger charge is -2.40. The van der Waals surface area contributed by atoms with Crippen molar-refractivity contribution in [2.75, 3.05) is 7.11 Å². The minimum atomic E-state index is -1.82. The number of aromatic nitrogens is 3. The molecule has 11 heteroatoms. The van der Waals surface area contributed by atoms with Crippen LogP contribution < -0.4 is 16.0 Å². The van der Waals surface area contributed by atoms with Crippen LogP contribution >= 0.6 is 11.3 Å². The molecule has 3 aromatic heterocycles. The smallest absolute Gasteiger partial charge is 0.333 e. The summed E-state index contributed by atoms with van der Waals surface area (Å²) in [6.45, 7) is 11.5. The molecule has 2 aliphatic rings. The Kier molecular flexibility index (Phi) is 7.20. The molecule has 4 aromatic rings. The first kappa shape index (κ1) is 30.3. The van der Waals surface area contributed by atoms with Crippen molar-refractivity contribution >= 4 is 27.5 Å². The maximum absolute atomic E-state index is 14.4. The van der Waals surface area contributed by atoms with Crippen molar-refractivity contribution in [2.45, 2.75) is 85.1 Å². The van der Waals surface area contributed by atoms with Gasteiger partial charge in [0.15, 0.2) is 0 Å². The average Bonchev–Trinajstić information content (AvgIpc) is 3.71. The van der Waals surface area contributed by atoms with Crippen LogP contribution in [0.25, 0.3) is 21.0 Å². The molecule has 2 aliphatic carbocycles. The fourth-order valence-corrected chi connectivity index (χ4v) is 8.72. The Morgan fingerprint density at radius 2 is 1.98 bits per heavy atom. The van der Waals surface area contributed by atoms with Crippen molar-refractivity contribution in [3.63, 3.8) is 0 Å². The Hall–Kier alpha value is -3.70. The fraction of sp³-hybridized carbons (Fsp3) is 0.515. The molecule has 1 aromatic carbocycles. The normalized spacial score (nSPS) is 23.3. The van der Waals surface area contributed by atoms with Crippen LogP contribution in [0.4, 0.5) is 0 Å². The highest BCUT2D eigenvalue weighted by molar-refractivity contribution is 7.22. The topological polar surface area (TPSA) is 126 Å². The second kappa shape index (κ2) is 10.4. The summed E-state index contributed by atoms with van der Waals surface area (Å²) in [6.07, 6.45) is 5.40. The second-order valence-corrected chi connectivity index (χ2v) is 14.4. The minimum Gasteiger partial charge on any atom is -0.496 e. The third-order valence-corrected chi connectivity index (χ3v) is 12.1. The van der Waals surface area contributed by atoms with Crippen molar-refractivity contribution in [2.24, 2.45) is 16.7 Å². The molecular formula is C33H39N3O7S. The molecule has 6 rings (SSSR count). The fourth-order valence-electron chi connectivity index (χ4n) is 7.48. The first-order chi connectivity index (χ1) is 20.7. The number of rotatable bonds is 9. The Labute approximate surface area is 259 Å². The van der Waals surface area contributed by atoms with E-state index in [0.717, 1.165) is 29.4 Å². The SMILES string of the molecule is COc1ccccc1C(Cn1c(=O)n(C(C)(C)C(=O)O)c(=O)c2c(C)c(-c3ncco3)sc21)OC1C[C@H]2CC[C@]1(C)C2(C)C. The molecule has 0 spiro atoms. The molecule has 0 saturated heterocycles. The molecule has 1 N–H and O–H groups in total. The van der Waals surface area contributed by atoms with E-state index in [1.165, 1.54) is 42.2 Å². The van der Waals surface area contributed by atoms with Crippen molar-refractivity contribution in [1.29, 1.82) is 0 Å². The number of aliphatic carboxylic acids is 1. The molecule has 2 saturated carbocycles. The monoisotopic (exact) mass is 621 g/mol. The first-order valence-electron chi connectivity index (χ1n) is 14.9. The van der Waals surface area contributed by atoms with E-state index < -0.39 is 28.9 Å². The Bertz CT molecular complexity index is 1870. The molecule has 2 fully saturated rings. The predicted molar refractivity (Wildman–Crippen MR) is 167 cm³/mol. The predicted octanol–water partition coefficient (Wildman–Crippen LogP) is 5.99. The van der Waals surface area contributed by atoms with Crippen LogP contribution in [-0.2, 0) is 21.6 Å². The summed E-state index contributed by atoms with van der Waals surface area (Å²) in [7, 11) is 1.60. The molecule has 0 radical (unpaired) electrons. The summed E-state index contributed by atoms with van der Waals surface area (Å²) in [5.41, 5.74) is -1.82. The quantitative estimate of drug-likeness (QED) is 0.242. The largest absolute Gasteiger partial charge is 0.496 e. The van der Waals surface area contributed by atoms with Crippen LogP contribution in [0.3, 0.4) is 0 Å². The number of fused-ring (bicyclic) bond motifs is 3. The molecule has 2 unspecified atom stereocenters. The van der Waals surface area contributed by atoms with Gasteiger partial charge in [-0.2, -0.15) is 0 Å². The van der Waals surface area contributed by atoms with Crippen molar-refractivity contribution in [1.82, 2.24) is 14.1 Å². The lowest BCUT2D eigenvalue weighted by molar-refractivity contribution is -0.146. The number of carboxylic acid groups (broad SMARTS) is 1. The Morgan fingerprint density at radius 3 is 2.57 bits per heavy atom. The third-order valence-electron chi connectivity index (χ3n) is 10.8. The van der Waals surface area contributed by atoms with E-state index in [2.05, 4.69) is 25.8 Å². The number of methoxy groups -OCH3 is 1. The molecule has 2 bridgehead atoms. The number of hydrogen-bond acceptors (Lipinski definition) is 8. The highest BCUT2D eigenvalue weighted by Gasteiger charge is 2.62. The molecular weight excluding hydrogens is 582 g/mol. The Balaban J connectivity index is 1.58. The summed E-state index contributed by atoms with van der Waals surface area (Å²) in [5.74, 6) is 0.182. The summed E-state index contributed by atoms with van der Waals surface area (Å²) in [5, 5.41) is 10.4. The van der Waals surface area contributed by atoms with Gasteiger partial charge in [-0.3, -0.25) is 9.36 Å². The number of aryl methyl sites for hydroxylation is 1. The van der Waals surface area contributed by atoms with Gasteiger partial charge in [-0.25, -0.2) is 19.1 Å². The number of carboxylic acids is 1. The lowest BCUT2D eigenvalue weighted by atomic mass is 9.70. The maximum atomic E-state index is 14.4. The van der Waals surface area contributed by atoms with Gasteiger partial charge in [-0.05, 0) is 68.4 Å². The van der Waals surface area contributed by atoms with Gasteiger partial charge in [0.05, 0.1) is 36.2 Å². The van der Waals surface area contributed by atoms with E-state index in [4.69, 9.17) is 13.9 Å². The van der Waals surface area contributed by atoms with Crippen LogP contribution in [-0.4, -0.2) is 38.4 Å². The van der Waals surface area contributed by atoms with Crippen molar-refractivity contribution < 1.29 is 23.8 Å². The van der Waals surface area contributed by atoms with Gasteiger partial charge in [-0.1, -0.05) is 39.0 Å². The van der Waals surface area contributed by atoms with Gasteiger partial charge in [0.1, 0.15) is 28.5 Å². The van der Waals surface area contributed by atoms with Crippen LogP contribution in [0.5, 0.6) is 5.75 Å². The average molecular weight is 622 g/mol. The molecule has 234 valence electrons. The van der Waals surface area contributed by atoms with Crippen molar-refractivity contribution in [3.8, 4) is 16.5 Å². The van der Waals surface area contributed by atoms with Gasteiger partial charge in [0.25, 0.3) is 5.56 Å².